The van der Waals surface area contributed by atoms with Gasteiger partial charge in [-0.15, -0.1) is 0 Å². The van der Waals surface area contributed by atoms with Gasteiger partial charge in [0.15, 0.2) is 0 Å². The quantitative estimate of drug-likeness (QED) is 0.687. The van der Waals surface area contributed by atoms with Crippen LogP contribution in [-0.4, -0.2) is 41.6 Å². The summed E-state index contributed by atoms with van der Waals surface area (Å²) < 4.78 is 36.8. The molecule has 0 atom stereocenters. The zero-order chi connectivity index (χ0) is 19.0. The minimum atomic E-state index is -3.75. The molecule has 0 bridgehead atoms. The third-order valence-electron chi connectivity index (χ3n) is 3.70. The Morgan fingerprint density at radius 1 is 1.00 bits per heavy atom. The third kappa shape index (κ3) is 5.47. The highest BCUT2D eigenvalue weighted by atomic mass is 32.2. The van der Waals surface area contributed by atoms with E-state index in [0.29, 0.717) is 18.7 Å². The van der Waals surface area contributed by atoms with Gasteiger partial charge in [0.2, 0.25) is 15.9 Å². The number of benzene rings is 2. The van der Waals surface area contributed by atoms with Gasteiger partial charge in [0.1, 0.15) is 11.5 Å². The molecule has 140 valence electrons. The van der Waals surface area contributed by atoms with E-state index < -0.39 is 15.9 Å². The molecule has 0 radical (unpaired) electrons. The number of carbonyl (C=O) groups excluding carboxylic acids is 1. The molecular formula is C18H22N2O5S. The van der Waals surface area contributed by atoms with Crippen molar-refractivity contribution >= 4 is 15.9 Å². The number of nitrogens with one attached hydrogen (secondary N) is 2. The summed E-state index contributed by atoms with van der Waals surface area (Å²) in [5.74, 6) is 0.900. The maximum Gasteiger partial charge on any atom is 0.241 e. The lowest BCUT2D eigenvalue weighted by atomic mass is 10.1. The standard InChI is InChI=1S/C18H22N2O5S/c1-24-15-7-9-16(10-8-15)26(22,23)20-13-18(21)19-12-11-14-5-3-4-6-17(14)25-2/h3-10,20H,11-13H2,1-2H3,(H,19,21). The first kappa shape index (κ1) is 19.7. The monoisotopic (exact) mass is 378 g/mol. The molecule has 2 rings (SSSR count). The molecule has 7 nitrogen and oxygen atoms in total. The Morgan fingerprint density at radius 3 is 2.35 bits per heavy atom. The maximum atomic E-state index is 12.2. The molecule has 2 aromatic rings. The summed E-state index contributed by atoms with van der Waals surface area (Å²) in [4.78, 5) is 11.9. The summed E-state index contributed by atoms with van der Waals surface area (Å²) in [6, 6.07) is 13.4. The SMILES string of the molecule is COc1ccc(S(=O)(=O)NCC(=O)NCCc2ccccc2OC)cc1. The lowest BCUT2D eigenvalue weighted by Crippen LogP contribution is -2.37. The van der Waals surface area contributed by atoms with Crippen molar-refractivity contribution in [3.63, 3.8) is 0 Å². The van der Waals surface area contributed by atoms with Crippen LogP contribution >= 0.6 is 0 Å². The number of ether oxygens (including phenoxy) is 2. The first-order chi connectivity index (χ1) is 12.5. The van der Waals surface area contributed by atoms with Crippen LogP contribution in [0.2, 0.25) is 0 Å². The predicted octanol–water partition coefficient (Wildman–Crippen LogP) is 1.34. The highest BCUT2D eigenvalue weighted by Gasteiger charge is 2.15. The van der Waals surface area contributed by atoms with Gasteiger partial charge in [0.25, 0.3) is 0 Å². The fraction of sp³-hybridized carbons (Fsp3) is 0.278. The Balaban J connectivity index is 1.82. The molecule has 0 aliphatic carbocycles. The Bertz CT molecular complexity index is 835. The van der Waals surface area contributed by atoms with E-state index in [9.17, 15) is 13.2 Å². The molecule has 0 aliphatic rings. The largest absolute Gasteiger partial charge is 0.497 e. The van der Waals surface area contributed by atoms with E-state index in [2.05, 4.69) is 10.0 Å². The Morgan fingerprint density at radius 2 is 1.69 bits per heavy atom. The molecule has 1 amide bonds. The van der Waals surface area contributed by atoms with Gasteiger partial charge in [-0.25, -0.2) is 13.1 Å². The van der Waals surface area contributed by atoms with Crippen LogP contribution in [0.5, 0.6) is 11.5 Å². The normalized spacial score (nSPS) is 11.0. The first-order valence-corrected chi connectivity index (χ1v) is 9.47. The van der Waals surface area contributed by atoms with Crippen molar-refractivity contribution in [2.24, 2.45) is 0 Å². The van der Waals surface area contributed by atoms with Gasteiger partial charge in [-0.05, 0) is 42.3 Å². The van der Waals surface area contributed by atoms with Crippen LogP contribution < -0.4 is 19.5 Å². The Kier molecular flexibility index (Phi) is 6.99. The average Bonchev–Trinajstić information content (AvgIpc) is 2.67. The molecule has 0 saturated carbocycles. The van der Waals surface area contributed by atoms with E-state index in [0.717, 1.165) is 11.3 Å². The fourth-order valence-electron chi connectivity index (χ4n) is 2.31. The summed E-state index contributed by atoms with van der Waals surface area (Å²) in [7, 11) is -0.669. The highest BCUT2D eigenvalue weighted by Crippen LogP contribution is 2.17. The number of amides is 1. The van der Waals surface area contributed by atoms with Crippen molar-refractivity contribution in [2.45, 2.75) is 11.3 Å². The van der Waals surface area contributed by atoms with Crippen molar-refractivity contribution in [3.8, 4) is 11.5 Å². The maximum absolute atomic E-state index is 12.2. The van der Waals surface area contributed by atoms with Gasteiger partial charge < -0.3 is 14.8 Å². The second-order valence-electron chi connectivity index (χ2n) is 5.41. The summed E-state index contributed by atoms with van der Waals surface area (Å²) in [6.07, 6.45) is 0.584. The van der Waals surface area contributed by atoms with Gasteiger partial charge in [-0.3, -0.25) is 4.79 Å². The van der Waals surface area contributed by atoms with Crippen molar-refractivity contribution in [3.05, 3.63) is 54.1 Å². The topological polar surface area (TPSA) is 93.7 Å². The van der Waals surface area contributed by atoms with Gasteiger partial charge in [0, 0.05) is 6.54 Å². The number of hydrogen-bond acceptors (Lipinski definition) is 5. The summed E-state index contributed by atoms with van der Waals surface area (Å²) in [5, 5.41) is 2.68. The van der Waals surface area contributed by atoms with Gasteiger partial charge in [-0.1, -0.05) is 18.2 Å². The van der Waals surface area contributed by atoms with Crippen LogP contribution in [-0.2, 0) is 21.2 Å². The fourth-order valence-corrected chi connectivity index (χ4v) is 3.29. The molecule has 0 unspecified atom stereocenters. The summed E-state index contributed by atoms with van der Waals surface area (Å²) >= 11 is 0. The highest BCUT2D eigenvalue weighted by molar-refractivity contribution is 7.89. The number of hydrogen-bond donors (Lipinski definition) is 2. The van der Waals surface area contributed by atoms with Gasteiger partial charge in [0.05, 0.1) is 25.7 Å². The minimum Gasteiger partial charge on any atom is -0.497 e. The molecule has 2 N–H and O–H groups in total. The zero-order valence-corrected chi connectivity index (χ0v) is 15.5. The second kappa shape index (κ2) is 9.21. The number of carbonyl (C=O) groups is 1. The molecule has 8 heteroatoms. The van der Waals surface area contributed by atoms with Crippen LogP contribution in [0.25, 0.3) is 0 Å². The Labute approximate surface area is 153 Å². The van der Waals surface area contributed by atoms with Gasteiger partial charge in [-0.2, -0.15) is 0 Å². The lowest BCUT2D eigenvalue weighted by molar-refractivity contribution is -0.119. The lowest BCUT2D eigenvalue weighted by Gasteiger charge is -2.10. The first-order valence-electron chi connectivity index (χ1n) is 7.98. The van der Waals surface area contributed by atoms with Crippen molar-refractivity contribution in [2.75, 3.05) is 27.3 Å². The number of methoxy groups -OCH3 is 2. The van der Waals surface area contributed by atoms with E-state index in [4.69, 9.17) is 9.47 Å². The van der Waals surface area contributed by atoms with E-state index in [-0.39, 0.29) is 11.4 Å². The molecule has 2 aromatic carbocycles. The van der Waals surface area contributed by atoms with Gasteiger partial charge >= 0.3 is 0 Å². The third-order valence-corrected chi connectivity index (χ3v) is 5.12. The molecule has 26 heavy (non-hydrogen) atoms. The van der Waals surface area contributed by atoms with E-state index in [1.165, 1.54) is 19.2 Å². The van der Waals surface area contributed by atoms with Crippen molar-refractivity contribution < 1.29 is 22.7 Å². The van der Waals surface area contributed by atoms with Crippen LogP contribution in [0.3, 0.4) is 0 Å². The summed E-state index contributed by atoms with van der Waals surface area (Å²) in [5.41, 5.74) is 0.967. The molecule has 0 heterocycles. The molecule has 0 saturated heterocycles. The van der Waals surface area contributed by atoms with Crippen molar-refractivity contribution in [1.82, 2.24) is 10.0 Å². The second-order valence-corrected chi connectivity index (χ2v) is 7.18. The number of para-hydroxylation sites is 1. The minimum absolute atomic E-state index is 0.0696. The van der Waals surface area contributed by atoms with E-state index in [1.54, 1.807) is 19.2 Å². The smallest absolute Gasteiger partial charge is 0.241 e. The number of rotatable bonds is 9. The van der Waals surface area contributed by atoms with Crippen molar-refractivity contribution in [1.29, 1.82) is 0 Å². The predicted molar refractivity (Wildman–Crippen MR) is 97.9 cm³/mol. The average molecular weight is 378 g/mol. The molecule has 0 fully saturated rings. The molecule has 0 aliphatic heterocycles. The molecule has 0 spiro atoms. The van der Waals surface area contributed by atoms with E-state index in [1.807, 2.05) is 24.3 Å². The number of sulfonamides is 1. The molecule has 0 aromatic heterocycles. The van der Waals surface area contributed by atoms with Crippen LogP contribution in [0, 0.1) is 0 Å². The summed E-state index contributed by atoms with van der Waals surface area (Å²) in [6.45, 7) is 0.0454. The van der Waals surface area contributed by atoms with Crippen LogP contribution in [0.1, 0.15) is 5.56 Å². The van der Waals surface area contributed by atoms with Crippen LogP contribution in [0.15, 0.2) is 53.4 Å². The Hall–Kier alpha value is -2.58. The van der Waals surface area contributed by atoms with E-state index >= 15 is 0 Å². The zero-order valence-electron chi connectivity index (χ0n) is 14.7. The van der Waals surface area contributed by atoms with Crippen LogP contribution in [0.4, 0.5) is 0 Å². The molecular weight excluding hydrogens is 356 g/mol.